The molecule has 0 aromatic carbocycles. The summed E-state index contributed by atoms with van der Waals surface area (Å²) in [5.74, 6) is 0.533. The maximum absolute atomic E-state index is 11.8. The van der Waals surface area contributed by atoms with Gasteiger partial charge in [0.1, 0.15) is 0 Å². The zero-order valence-electron chi connectivity index (χ0n) is 13.3. The smallest absolute Gasteiger partial charge is 0.220 e. The predicted molar refractivity (Wildman–Crippen MR) is 81.4 cm³/mol. The van der Waals surface area contributed by atoms with E-state index >= 15 is 0 Å². The Bertz CT molecular complexity index is 252. The van der Waals surface area contributed by atoms with Gasteiger partial charge in [0.25, 0.3) is 0 Å². The van der Waals surface area contributed by atoms with Gasteiger partial charge in [0.05, 0.1) is 5.60 Å². The highest BCUT2D eigenvalue weighted by atomic mass is 16.5. The maximum atomic E-state index is 11.8. The van der Waals surface area contributed by atoms with Gasteiger partial charge in [0.15, 0.2) is 0 Å². The third kappa shape index (κ3) is 10.2. The van der Waals surface area contributed by atoms with E-state index in [0.29, 0.717) is 31.9 Å². The summed E-state index contributed by atoms with van der Waals surface area (Å²) in [6.07, 6.45) is 5.11. The molecule has 0 aromatic heterocycles. The maximum Gasteiger partial charge on any atom is 0.220 e. The van der Waals surface area contributed by atoms with Crippen LogP contribution < -0.4 is 11.1 Å². The van der Waals surface area contributed by atoms with Crippen molar-refractivity contribution >= 4 is 5.91 Å². The van der Waals surface area contributed by atoms with Crippen molar-refractivity contribution in [3.8, 4) is 0 Å². The summed E-state index contributed by atoms with van der Waals surface area (Å²) in [6.45, 7) is 5.29. The number of amides is 1. The molecule has 0 rings (SSSR count). The topological polar surface area (TPSA) is 84.6 Å². The van der Waals surface area contributed by atoms with Gasteiger partial charge in [-0.3, -0.25) is 4.79 Å². The number of aliphatic hydroxyl groups is 1. The highest BCUT2D eigenvalue weighted by Gasteiger charge is 2.21. The molecule has 5 heteroatoms. The van der Waals surface area contributed by atoms with Gasteiger partial charge in [0, 0.05) is 33.1 Å². The zero-order valence-corrected chi connectivity index (χ0v) is 13.3. The van der Waals surface area contributed by atoms with Crippen LogP contribution in [0.3, 0.4) is 0 Å². The molecule has 120 valence electrons. The lowest BCUT2D eigenvalue weighted by Gasteiger charge is -2.23. The van der Waals surface area contributed by atoms with Crippen LogP contribution >= 0.6 is 0 Å². The Morgan fingerprint density at radius 3 is 2.65 bits per heavy atom. The number of methoxy groups -OCH3 is 1. The Balaban J connectivity index is 3.91. The molecule has 0 saturated heterocycles. The van der Waals surface area contributed by atoms with Gasteiger partial charge in [-0.25, -0.2) is 0 Å². The molecule has 0 heterocycles. The van der Waals surface area contributed by atoms with Crippen LogP contribution in [0.2, 0.25) is 0 Å². The minimum atomic E-state index is -0.911. The van der Waals surface area contributed by atoms with Crippen LogP contribution in [0.1, 0.15) is 52.4 Å². The first-order valence-electron chi connectivity index (χ1n) is 7.63. The lowest BCUT2D eigenvalue weighted by molar-refractivity contribution is -0.122. The lowest BCUT2D eigenvalue weighted by Crippen LogP contribution is -2.41. The van der Waals surface area contributed by atoms with Crippen molar-refractivity contribution in [2.45, 2.75) is 58.0 Å². The molecule has 2 unspecified atom stereocenters. The van der Waals surface area contributed by atoms with E-state index in [0.717, 1.165) is 25.7 Å². The average Bonchev–Trinajstić information content (AvgIpc) is 2.41. The van der Waals surface area contributed by atoms with Gasteiger partial charge in [-0.1, -0.05) is 19.8 Å². The summed E-state index contributed by atoms with van der Waals surface area (Å²) >= 11 is 0. The van der Waals surface area contributed by atoms with Gasteiger partial charge in [-0.05, 0) is 32.2 Å². The molecule has 0 aliphatic heterocycles. The van der Waals surface area contributed by atoms with Crippen LogP contribution in [0.15, 0.2) is 0 Å². The van der Waals surface area contributed by atoms with Gasteiger partial charge >= 0.3 is 0 Å². The molecule has 0 aliphatic carbocycles. The minimum absolute atomic E-state index is 0.000756. The van der Waals surface area contributed by atoms with Crippen molar-refractivity contribution in [2.75, 3.05) is 26.8 Å². The summed E-state index contributed by atoms with van der Waals surface area (Å²) in [5.41, 5.74) is 4.67. The average molecular weight is 288 g/mol. The van der Waals surface area contributed by atoms with E-state index in [4.69, 9.17) is 10.5 Å². The molecule has 20 heavy (non-hydrogen) atoms. The van der Waals surface area contributed by atoms with Crippen LogP contribution in [0.4, 0.5) is 0 Å². The van der Waals surface area contributed by atoms with Gasteiger partial charge in [0.2, 0.25) is 5.91 Å². The third-order valence-electron chi connectivity index (χ3n) is 3.56. The van der Waals surface area contributed by atoms with E-state index in [-0.39, 0.29) is 12.5 Å². The Hall–Kier alpha value is -0.650. The molecule has 5 nitrogen and oxygen atoms in total. The van der Waals surface area contributed by atoms with E-state index in [9.17, 15) is 9.90 Å². The molecule has 0 aromatic rings. The number of rotatable bonds is 12. The second-order valence-electron chi connectivity index (χ2n) is 5.79. The van der Waals surface area contributed by atoms with E-state index in [2.05, 4.69) is 12.2 Å². The fourth-order valence-corrected chi connectivity index (χ4v) is 2.20. The summed E-state index contributed by atoms with van der Waals surface area (Å²) in [7, 11) is 1.60. The summed E-state index contributed by atoms with van der Waals surface area (Å²) in [6, 6.07) is 0. The van der Waals surface area contributed by atoms with Crippen LogP contribution in [0.5, 0.6) is 0 Å². The number of ether oxygens (including phenoxy) is 1. The van der Waals surface area contributed by atoms with Crippen molar-refractivity contribution in [2.24, 2.45) is 11.7 Å². The highest BCUT2D eigenvalue weighted by Crippen LogP contribution is 2.17. The fourth-order valence-electron chi connectivity index (χ4n) is 2.20. The molecule has 0 spiro atoms. The molecule has 1 amide bonds. The van der Waals surface area contributed by atoms with E-state index in [1.165, 1.54) is 0 Å². The van der Waals surface area contributed by atoms with Crippen molar-refractivity contribution < 1.29 is 14.6 Å². The number of nitrogens with one attached hydrogen (secondary N) is 1. The molecular weight excluding hydrogens is 256 g/mol. The van der Waals surface area contributed by atoms with E-state index in [1.54, 1.807) is 14.0 Å². The monoisotopic (exact) mass is 288 g/mol. The quantitative estimate of drug-likeness (QED) is 0.507. The minimum Gasteiger partial charge on any atom is -0.388 e. The molecule has 2 atom stereocenters. The number of carbonyl (C=O) groups excluding carboxylic acids is 1. The Labute approximate surface area is 123 Å². The summed E-state index contributed by atoms with van der Waals surface area (Å²) in [4.78, 5) is 11.8. The van der Waals surface area contributed by atoms with E-state index in [1.807, 2.05) is 0 Å². The van der Waals surface area contributed by atoms with Crippen LogP contribution in [0, 0.1) is 5.92 Å². The van der Waals surface area contributed by atoms with Crippen molar-refractivity contribution in [1.82, 2.24) is 5.32 Å². The van der Waals surface area contributed by atoms with Gasteiger partial charge in [-0.2, -0.15) is 0 Å². The second-order valence-corrected chi connectivity index (χ2v) is 5.79. The number of nitrogens with two attached hydrogens (primary N) is 1. The SMILES string of the molecule is CCCC(CCN)CCC(=O)NCC(C)(O)CCOC. The summed E-state index contributed by atoms with van der Waals surface area (Å²) in [5, 5.41) is 12.8. The molecule has 4 N–H and O–H groups in total. The Kier molecular flexibility index (Phi) is 10.7. The second kappa shape index (κ2) is 11.1. The molecule has 0 radical (unpaired) electrons. The number of hydrogen-bond donors (Lipinski definition) is 3. The predicted octanol–water partition coefficient (Wildman–Crippen LogP) is 1.44. The van der Waals surface area contributed by atoms with Crippen LogP contribution in [-0.4, -0.2) is 43.4 Å². The first kappa shape index (κ1) is 19.4. The van der Waals surface area contributed by atoms with Gasteiger partial charge < -0.3 is 20.9 Å². The largest absolute Gasteiger partial charge is 0.388 e. The van der Waals surface area contributed by atoms with Crippen LogP contribution in [0.25, 0.3) is 0 Å². The fraction of sp³-hybridized carbons (Fsp3) is 0.933. The normalized spacial score (nSPS) is 15.7. The highest BCUT2D eigenvalue weighted by molar-refractivity contribution is 5.75. The first-order valence-corrected chi connectivity index (χ1v) is 7.63. The standard InChI is InChI=1S/C15H32N2O3/c1-4-5-13(8-10-16)6-7-14(18)17-12-15(2,19)9-11-20-3/h13,19H,4-12,16H2,1-3H3,(H,17,18). The van der Waals surface area contributed by atoms with Crippen molar-refractivity contribution in [1.29, 1.82) is 0 Å². The first-order chi connectivity index (χ1) is 9.45. The zero-order chi connectivity index (χ0) is 15.4. The van der Waals surface area contributed by atoms with Crippen molar-refractivity contribution in [3.05, 3.63) is 0 Å². The van der Waals surface area contributed by atoms with Crippen LogP contribution in [-0.2, 0) is 9.53 Å². The van der Waals surface area contributed by atoms with Gasteiger partial charge in [-0.15, -0.1) is 0 Å². The lowest BCUT2D eigenvalue weighted by atomic mass is 9.94. The summed E-state index contributed by atoms with van der Waals surface area (Å²) < 4.78 is 4.93. The molecular formula is C15H32N2O3. The number of carbonyl (C=O) groups is 1. The Morgan fingerprint density at radius 2 is 2.10 bits per heavy atom. The van der Waals surface area contributed by atoms with E-state index < -0.39 is 5.60 Å². The number of hydrogen-bond acceptors (Lipinski definition) is 4. The molecule has 0 aliphatic rings. The molecule has 0 saturated carbocycles. The Morgan fingerprint density at radius 1 is 1.40 bits per heavy atom. The molecule has 0 fully saturated rings. The van der Waals surface area contributed by atoms with Crippen molar-refractivity contribution in [3.63, 3.8) is 0 Å². The molecule has 0 bridgehead atoms. The third-order valence-corrected chi connectivity index (χ3v) is 3.56.